The van der Waals surface area contributed by atoms with E-state index < -0.39 is 41.5 Å². The minimum absolute atomic E-state index is 0.0384. The van der Waals surface area contributed by atoms with E-state index in [0.29, 0.717) is 6.61 Å². The number of ketones is 2. The molecule has 2 atom stereocenters. The van der Waals surface area contributed by atoms with Crippen LogP contribution in [0.3, 0.4) is 0 Å². The monoisotopic (exact) mass is 557 g/mol. The molecule has 2 unspecified atom stereocenters. The summed E-state index contributed by atoms with van der Waals surface area (Å²) in [5.41, 5.74) is 1.42. The highest BCUT2D eigenvalue weighted by Crippen LogP contribution is 2.41. The van der Waals surface area contributed by atoms with Gasteiger partial charge >= 0.3 is 6.36 Å². The molecule has 0 N–H and O–H groups in total. The average Bonchev–Trinajstić information content (AvgIpc) is 3.18. The molecule has 12 heteroatoms. The van der Waals surface area contributed by atoms with Crippen molar-refractivity contribution in [2.45, 2.75) is 32.2 Å². The van der Waals surface area contributed by atoms with Gasteiger partial charge in [-0.05, 0) is 35.2 Å². The molecule has 1 aliphatic rings. The molecular weight excluding hydrogens is 531 g/mol. The van der Waals surface area contributed by atoms with E-state index in [1.54, 1.807) is 24.3 Å². The van der Waals surface area contributed by atoms with Crippen LogP contribution in [0.2, 0.25) is 0 Å². The highest BCUT2D eigenvalue weighted by atomic mass is 19.4. The number of rotatable bonds is 10. The summed E-state index contributed by atoms with van der Waals surface area (Å²) in [7, 11) is 1.51. The van der Waals surface area contributed by atoms with E-state index in [1.165, 1.54) is 31.4 Å². The third-order valence-corrected chi connectivity index (χ3v) is 6.32. The number of ether oxygens (including phenoxy) is 3. The number of halogens is 3. The number of nitrogens with zero attached hydrogens (tertiary/aromatic N) is 3. The van der Waals surface area contributed by atoms with Gasteiger partial charge in [0.15, 0.2) is 11.6 Å². The minimum atomic E-state index is -4.91. The van der Waals surface area contributed by atoms with E-state index in [9.17, 15) is 27.6 Å². The van der Waals surface area contributed by atoms with Crippen molar-refractivity contribution in [2.75, 3.05) is 25.2 Å². The molecule has 0 radical (unpaired) electrons. The predicted molar refractivity (Wildman–Crippen MR) is 136 cm³/mol. The Kier molecular flexibility index (Phi) is 8.48. The number of benzene rings is 2. The van der Waals surface area contributed by atoms with Gasteiger partial charge in [0.25, 0.3) is 5.91 Å². The maximum absolute atomic E-state index is 13.7. The molecule has 0 saturated carbocycles. The van der Waals surface area contributed by atoms with Crippen LogP contribution in [0.4, 0.5) is 19.0 Å². The topological polar surface area (TPSA) is 108 Å². The van der Waals surface area contributed by atoms with Crippen molar-refractivity contribution in [3.63, 3.8) is 0 Å². The molecule has 1 amide bonds. The van der Waals surface area contributed by atoms with E-state index in [0.717, 1.165) is 22.6 Å². The molecule has 0 spiro atoms. The third kappa shape index (κ3) is 6.28. The van der Waals surface area contributed by atoms with E-state index >= 15 is 0 Å². The highest BCUT2D eigenvalue weighted by molar-refractivity contribution is 6.48. The molecule has 1 aromatic heterocycles. The molecule has 1 aliphatic heterocycles. The summed E-state index contributed by atoms with van der Waals surface area (Å²) in [6, 6.07) is 13.0. The van der Waals surface area contributed by atoms with Crippen LogP contribution in [0.1, 0.15) is 47.3 Å². The van der Waals surface area contributed by atoms with Crippen molar-refractivity contribution in [3.05, 3.63) is 77.4 Å². The Morgan fingerprint density at radius 3 is 2.17 bits per heavy atom. The first-order valence-electron chi connectivity index (χ1n) is 12.3. The lowest BCUT2D eigenvalue weighted by Gasteiger charge is -2.26. The summed E-state index contributed by atoms with van der Waals surface area (Å²) >= 11 is 0. The van der Waals surface area contributed by atoms with Crippen LogP contribution >= 0.6 is 0 Å². The van der Waals surface area contributed by atoms with E-state index in [-0.39, 0.29) is 35.3 Å². The molecule has 40 heavy (non-hydrogen) atoms. The van der Waals surface area contributed by atoms with Gasteiger partial charge in [-0.15, -0.1) is 23.4 Å². The van der Waals surface area contributed by atoms with E-state index in [4.69, 9.17) is 9.47 Å². The van der Waals surface area contributed by atoms with Crippen LogP contribution in [-0.4, -0.2) is 54.4 Å². The molecule has 9 nitrogen and oxygen atoms in total. The Morgan fingerprint density at radius 2 is 1.62 bits per heavy atom. The van der Waals surface area contributed by atoms with Crippen LogP contribution in [0, 0.1) is 5.92 Å². The number of methoxy groups -OCH3 is 1. The van der Waals surface area contributed by atoms with Crippen LogP contribution in [-0.2, 0) is 14.3 Å². The molecule has 0 bridgehead atoms. The number of amides is 1. The lowest BCUT2D eigenvalue weighted by Crippen LogP contribution is -2.31. The highest BCUT2D eigenvalue weighted by Gasteiger charge is 2.53. The zero-order valence-electron chi connectivity index (χ0n) is 21.8. The molecule has 2 heterocycles. The molecule has 210 valence electrons. The number of carbonyl (C=O) groups is 3. The SMILES string of the molecule is COCCOc1ccc(N2C(=O)C(=O)C(C(=O)c3ccc(C(C)C)cc3)C2c2ccc(OC(F)(F)F)cc2)nn1. The first kappa shape index (κ1) is 28.7. The molecular formula is C28H26F3N3O6. The first-order chi connectivity index (χ1) is 19.0. The van der Waals surface area contributed by atoms with Gasteiger partial charge in [-0.1, -0.05) is 50.2 Å². The molecule has 1 fully saturated rings. The Balaban J connectivity index is 1.73. The molecule has 1 saturated heterocycles. The zero-order valence-corrected chi connectivity index (χ0v) is 21.8. The number of alkyl halides is 3. The smallest absolute Gasteiger partial charge is 0.474 e. The van der Waals surface area contributed by atoms with Gasteiger partial charge < -0.3 is 14.2 Å². The number of anilines is 1. The van der Waals surface area contributed by atoms with Crippen molar-refractivity contribution >= 4 is 23.3 Å². The Bertz CT molecular complexity index is 1360. The number of hydrogen-bond acceptors (Lipinski definition) is 8. The molecule has 3 aromatic rings. The third-order valence-electron chi connectivity index (χ3n) is 6.32. The largest absolute Gasteiger partial charge is 0.573 e. The normalized spacial score (nSPS) is 17.4. The fourth-order valence-corrected chi connectivity index (χ4v) is 4.35. The second-order valence-corrected chi connectivity index (χ2v) is 9.29. The standard InChI is InChI=1S/C28H26F3N3O6/c1-16(2)17-4-6-19(7-5-17)25(35)23-24(18-8-10-20(11-9-18)40-28(29,30)31)34(27(37)26(23)36)21-12-13-22(33-32-21)39-15-14-38-3/h4-13,16,23-24H,14-15H2,1-3H3. The van der Waals surface area contributed by atoms with Crippen molar-refractivity contribution in [1.82, 2.24) is 10.2 Å². The summed E-state index contributed by atoms with van der Waals surface area (Å²) in [5.74, 6) is -4.25. The second-order valence-electron chi connectivity index (χ2n) is 9.29. The quantitative estimate of drug-likeness (QED) is 0.153. The number of carbonyl (C=O) groups excluding carboxylic acids is 3. The number of aromatic nitrogens is 2. The van der Waals surface area contributed by atoms with E-state index in [1.807, 2.05) is 13.8 Å². The van der Waals surface area contributed by atoms with Crippen molar-refractivity contribution < 1.29 is 41.8 Å². The fraction of sp³-hybridized carbons (Fsp3) is 0.321. The van der Waals surface area contributed by atoms with Crippen LogP contribution in [0.5, 0.6) is 11.6 Å². The van der Waals surface area contributed by atoms with Crippen molar-refractivity contribution in [1.29, 1.82) is 0 Å². The maximum Gasteiger partial charge on any atom is 0.573 e. The first-order valence-corrected chi connectivity index (χ1v) is 12.3. The maximum atomic E-state index is 13.7. The van der Waals surface area contributed by atoms with Gasteiger partial charge in [-0.25, -0.2) is 0 Å². The lowest BCUT2D eigenvalue weighted by molar-refractivity contribution is -0.274. The predicted octanol–water partition coefficient (Wildman–Crippen LogP) is 4.68. The summed E-state index contributed by atoms with van der Waals surface area (Å²) in [6.45, 7) is 4.49. The Labute approximate surface area is 227 Å². The van der Waals surface area contributed by atoms with E-state index in [2.05, 4.69) is 14.9 Å². The number of hydrogen-bond donors (Lipinski definition) is 0. The van der Waals surface area contributed by atoms with Gasteiger partial charge in [0.05, 0.1) is 12.6 Å². The molecule has 0 aliphatic carbocycles. The summed E-state index contributed by atoms with van der Waals surface area (Å²) in [6.07, 6.45) is -4.91. The van der Waals surface area contributed by atoms with Gasteiger partial charge in [0.1, 0.15) is 18.3 Å². The minimum Gasteiger partial charge on any atom is -0.474 e. The van der Waals surface area contributed by atoms with Crippen LogP contribution in [0.25, 0.3) is 0 Å². The van der Waals surface area contributed by atoms with Gasteiger partial charge in [0, 0.05) is 18.7 Å². The Hall–Kier alpha value is -4.32. The molecule has 2 aromatic carbocycles. The van der Waals surface area contributed by atoms with Crippen LogP contribution < -0.4 is 14.4 Å². The lowest BCUT2D eigenvalue weighted by atomic mass is 9.86. The zero-order chi connectivity index (χ0) is 29.0. The fourth-order valence-electron chi connectivity index (χ4n) is 4.35. The van der Waals surface area contributed by atoms with Gasteiger partial charge in [-0.2, -0.15) is 0 Å². The van der Waals surface area contributed by atoms with Crippen molar-refractivity contribution in [3.8, 4) is 11.6 Å². The van der Waals surface area contributed by atoms with Crippen LogP contribution in [0.15, 0.2) is 60.7 Å². The summed E-state index contributed by atoms with van der Waals surface area (Å²) < 4.78 is 52.3. The second kappa shape index (κ2) is 11.8. The summed E-state index contributed by atoms with van der Waals surface area (Å²) in [4.78, 5) is 41.2. The Morgan fingerprint density at radius 1 is 0.950 bits per heavy atom. The van der Waals surface area contributed by atoms with Crippen molar-refractivity contribution in [2.24, 2.45) is 5.92 Å². The number of Topliss-reactive ketones (excluding diaryl/α,β-unsaturated/α-hetero) is 2. The molecule has 4 rings (SSSR count). The summed E-state index contributed by atoms with van der Waals surface area (Å²) in [5, 5.41) is 7.94. The van der Waals surface area contributed by atoms with Gasteiger partial charge in [-0.3, -0.25) is 19.3 Å². The average molecular weight is 558 g/mol. The van der Waals surface area contributed by atoms with Gasteiger partial charge in [0.2, 0.25) is 11.7 Å².